The minimum atomic E-state index is 0.00195. The number of quaternary nitrogens is 1. The predicted molar refractivity (Wildman–Crippen MR) is 143 cm³/mol. The van der Waals surface area contributed by atoms with Gasteiger partial charge in [-0.3, -0.25) is 4.99 Å². The van der Waals surface area contributed by atoms with E-state index < -0.39 is 0 Å². The van der Waals surface area contributed by atoms with Gasteiger partial charge in [-0.1, -0.05) is 29.8 Å². The lowest BCUT2D eigenvalue weighted by Crippen LogP contribution is -2.53. The van der Waals surface area contributed by atoms with Crippen molar-refractivity contribution in [1.29, 1.82) is 0 Å². The van der Waals surface area contributed by atoms with E-state index in [9.17, 15) is 0 Å². The van der Waals surface area contributed by atoms with Gasteiger partial charge in [0, 0.05) is 17.8 Å². The molecule has 2 N–H and O–H groups in total. The van der Waals surface area contributed by atoms with Gasteiger partial charge < -0.3 is 4.90 Å². The molecule has 7 rings (SSSR count). The van der Waals surface area contributed by atoms with E-state index in [1.165, 1.54) is 26.1 Å². The summed E-state index contributed by atoms with van der Waals surface area (Å²) in [5, 5.41) is 3.64. The highest BCUT2D eigenvalue weighted by Crippen LogP contribution is 2.46. The van der Waals surface area contributed by atoms with Gasteiger partial charge in [0.2, 0.25) is 5.70 Å². The Kier molecular flexibility index (Phi) is 5.05. The third-order valence-corrected chi connectivity index (χ3v) is 9.00. The predicted octanol–water partition coefficient (Wildman–Crippen LogP) is 5.57. The number of likely N-dealkylation sites (tertiary alicyclic amines) is 1. The maximum Gasteiger partial charge on any atom is 0.266 e. The quantitative estimate of drug-likeness (QED) is 0.367. The Labute approximate surface area is 213 Å². The zero-order chi connectivity index (χ0) is 23.6. The summed E-state index contributed by atoms with van der Waals surface area (Å²) in [7, 11) is 0. The molecule has 1 aliphatic carbocycles. The number of hydrogen-bond acceptors (Lipinski definition) is 6. The lowest BCUT2D eigenvalue weighted by Gasteiger charge is -2.41. The van der Waals surface area contributed by atoms with Crippen LogP contribution < -0.4 is 5.84 Å². The number of nitrogens with zero attached hydrogens (tertiary/aromatic N) is 5. The Hall–Kier alpha value is -2.68. The molecule has 1 atom stereocenters. The van der Waals surface area contributed by atoms with Crippen molar-refractivity contribution >= 4 is 45.9 Å². The number of halogens is 1. The SMILES string of the molecule is N[N+]12C=CN=CC1=C(C1CC(CN3CCC3)C1)N=C2c1ccc2ccc(-c3cccs3)nc2c1Cl. The van der Waals surface area contributed by atoms with E-state index in [4.69, 9.17) is 27.4 Å². The number of rotatable bonds is 5. The number of fused-ring (bicyclic) bond motifs is 2. The van der Waals surface area contributed by atoms with Gasteiger partial charge in [0.25, 0.3) is 5.84 Å². The molecule has 176 valence electrons. The van der Waals surface area contributed by atoms with Crippen molar-refractivity contribution < 1.29 is 4.59 Å². The first-order chi connectivity index (χ1) is 17.1. The maximum absolute atomic E-state index is 7.04. The maximum atomic E-state index is 7.04. The van der Waals surface area contributed by atoms with E-state index in [-0.39, 0.29) is 4.59 Å². The standard InChI is InChI=1S/C27H26ClN6S/c28-24-20(6-4-18-5-7-21(31-26(18)24)23-3-1-12-35-23)27-32-25(22-15-30-8-11-34(22,27)29)19-13-17(14-19)16-33-9-2-10-33/h1,3-8,11-12,15,17,19H,2,9-10,13-14,16,29H2/q+1. The number of allylic oxidation sites excluding steroid dienone is 2. The Bertz CT molecular complexity index is 1450. The van der Waals surface area contributed by atoms with Crippen molar-refractivity contribution in [3.8, 4) is 10.6 Å². The van der Waals surface area contributed by atoms with Crippen LogP contribution >= 0.6 is 22.9 Å². The molecule has 1 saturated heterocycles. The van der Waals surface area contributed by atoms with Crippen LogP contribution in [0.3, 0.4) is 0 Å². The Morgan fingerprint density at radius 2 is 2.00 bits per heavy atom. The topological polar surface area (TPSA) is 66.9 Å². The first-order valence-corrected chi connectivity index (χ1v) is 13.4. The van der Waals surface area contributed by atoms with Crippen LogP contribution in [0.25, 0.3) is 21.5 Å². The second kappa shape index (κ2) is 8.18. The van der Waals surface area contributed by atoms with Gasteiger partial charge in [0.05, 0.1) is 39.1 Å². The minimum Gasteiger partial charge on any atom is -0.303 e. The van der Waals surface area contributed by atoms with E-state index in [1.54, 1.807) is 17.5 Å². The highest BCUT2D eigenvalue weighted by atomic mass is 35.5. The molecule has 5 heterocycles. The molecule has 0 amide bonds. The normalized spacial score (nSPS) is 27.7. The second-order valence-electron chi connectivity index (χ2n) is 9.92. The van der Waals surface area contributed by atoms with Gasteiger partial charge in [-0.05, 0) is 61.8 Å². The van der Waals surface area contributed by atoms with E-state index in [1.807, 2.05) is 30.6 Å². The molecule has 1 unspecified atom stereocenters. The van der Waals surface area contributed by atoms with Gasteiger partial charge in [0.15, 0.2) is 0 Å². The summed E-state index contributed by atoms with van der Waals surface area (Å²) in [5.41, 5.74) is 4.52. The summed E-state index contributed by atoms with van der Waals surface area (Å²) in [6.07, 6.45) is 9.16. The lowest BCUT2D eigenvalue weighted by molar-refractivity contribution is -0.750. The van der Waals surface area contributed by atoms with Crippen LogP contribution in [0.5, 0.6) is 0 Å². The number of pyridine rings is 1. The molecule has 8 heteroatoms. The number of thiophene rings is 1. The molecule has 0 bridgehead atoms. The summed E-state index contributed by atoms with van der Waals surface area (Å²) in [5.74, 6) is 8.89. The van der Waals surface area contributed by atoms with Gasteiger partial charge in [0.1, 0.15) is 11.9 Å². The molecule has 2 aromatic heterocycles. The molecule has 1 aromatic carbocycles. The molecule has 4 aliphatic rings. The number of aromatic nitrogens is 1. The van der Waals surface area contributed by atoms with Crippen LogP contribution in [0.1, 0.15) is 24.8 Å². The third-order valence-electron chi connectivity index (χ3n) is 7.72. The van der Waals surface area contributed by atoms with Crippen LogP contribution in [0.2, 0.25) is 5.02 Å². The monoisotopic (exact) mass is 501 g/mol. The Morgan fingerprint density at radius 1 is 1.14 bits per heavy atom. The fourth-order valence-corrected chi connectivity index (χ4v) is 6.61. The zero-order valence-corrected chi connectivity index (χ0v) is 20.8. The Balaban J connectivity index is 1.26. The summed E-state index contributed by atoms with van der Waals surface area (Å²) in [4.78, 5) is 18.2. The molecular formula is C27H26ClN6S+. The average Bonchev–Trinajstić information content (AvgIpc) is 3.44. The molecule has 3 aromatic rings. The van der Waals surface area contributed by atoms with Crippen molar-refractivity contribution in [2.24, 2.45) is 27.7 Å². The third kappa shape index (κ3) is 3.45. The summed E-state index contributed by atoms with van der Waals surface area (Å²) in [6.45, 7) is 3.71. The lowest BCUT2D eigenvalue weighted by atomic mass is 9.72. The summed E-state index contributed by atoms with van der Waals surface area (Å²) < 4.78 is 0.00195. The fraction of sp³-hybridized carbons (Fsp3) is 0.296. The van der Waals surface area contributed by atoms with Crippen LogP contribution in [-0.2, 0) is 0 Å². The van der Waals surface area contributed by atoms with Crippen molar-refractivity contribution in [3.05, 3.63) is 76.2 Å². The van der Waals surface area contributed by atoms with Gasteiger partial charge in [-0.25, -0.2) is 4.98 Å². The molecule has 6 nitrogen and oxygen atoms in total. The van der Waals surface area contributed by atoms with E-state index >= 15 is 0 Å². The number of amidine groups is 1. The van der Waals surface area contributed by atoms with Crippen molar-refractivity contribution in [1.82, 2.24) is 9.88 Å². The molecule has 35 heavy (non-hydrogen) atoms. The largest absolute Gasteiger partial charge is 0.303 e. The van der Waals surface area contributed by atoms with Crippen molar-refractivity contribution in [2.75, 3.05) is 19.6 Å². The molecule has 0 radical (unpaired) electrons. The first kappa shape index (κ1) is 21.6. The average molecular weight is 502 g/mol. The molecule has 1 saturated carbocycles. The van der Waals surface area contributed by atoms with Crippen LogP contribution in [0.15, 0.2) is 75.6 Å². The van der Waals surface area contributed by atoms with Gasteiger partial charge in [-0.15, -0.1) is 15.9 Å². The van der Waals surface area contributed by atoms with Crippen molar-refractivity contribution in [3.63, 3.8) is 0 Å². The highest BCUT2D eigenvalue weighted by Gasteiger charge is 2.48. The fourth-order valence-electron chi connectivity index (χ4n) is 5.61. The van der Waals surface area contributed by atoms with Crippen LogP contribution in [0, 0.1) is 11.8 Å². The molecular weight excluding hydrogens is 476 g/mol. The van der Waals surface area contributed by atoms with Crippen molar-refractivity contribution in [2.45, 2.75) is 19.3 Å². The van der Waals surface area contributed by atoms with Crippen LogP contribution in [-0.4, -0.2) is 46.2 Å². The smallest absolute Gasteiger partial charge is 0.266 e. The summed E-state index contributed by atoms with van der Waals surface area (Å²) in [6, 6.07) is 12.3. The highest BCUT2D eigenvalue weighted by molar-refractivity contribution is 7.13. The van der Waals surface area contributed by atoms with Gasteiger partial charge in [-0.2, -0.15) is 10.8 Å². The second-order valence-corrected chi connectivity index (χ2v) is 11.2. The first-order valence-electron chi connectivity index (χ1n) is 12.2. The molecule has 3 aliphatic heterocycles. The molecule has 2 fully saturated rings. The minimum absolute atomic E-state index is 0.00195. The van der Waals surface area contributed by atoms with E-state index in [0.29, 0.717) is 10.9 Å². The van der Waals surface area contributed by atoms with E-state index in [0.717, 1.165) is 63.0 Å². The van der Waals surface area contributed by atoms with Gasteiger partial charge >= 0.3 is 0 Å². The van der Waals surface area contributed by atoms with E-state index in [2.05, 4.69) is 33.5 Å². The number of benzene rings is 1. The number of aliphatic imine (C=N–C) groups is 2. The Morgan fingerprint density at radius 3 is 2.77 bits per heavy atom. The zero-order valence-electron chi connectivity index (χ0n) is 19.3. The number of hydrogen-bond donors (Lipinski definition) is 1. The molecule has 0 spiro atoms. The summed E-state index contributed by atoms with van der Waals surface area (Å²) >= 11 is 8.71. The number of nitrogens with two attached hydrogens (primary N) is 1. The van der Waals surface area contributed by atoms with Crippen LogP contribution in [0.4, 0.5) is 0 Å².